The largest absolute Gasteiger partial charge is 0.478 e. The Morgan fingerprint density at radius 1 is 1.19 bits per heavy atom. The topological polar surface area (TPSA) is 63.6 Å². The zero-order valence-corrected chi connectivity index (χ0v) is 13.1. The van der Waals surface area contributed by atoms with Gasteiger partial charge in [0.2, 0.25) is 0 Å². The highest BCUT2D eigenvalue weighted by atomic mass is 16.5. The van der Waals surface area contributed by atoms with Crippen LogP contribution in [-0.2, 0) is 14.3 Å². The zero-order chi connectivity index (χ0) is 16.3. The minimum Gasteiger partial charge on any atom is -0.478 e. The van der Waals surface area contributed by atoms with Crippen LogP contribution in [0.1, 0.15) is 12.5 Å². The summed E-state index contributed by atoms with van der Waals surface area (Å²) in [6.45, 7) is 2.80. The van der Waals surface area contributed by atoms with Crippen molar-refractivity contribution in [2.24, 2.45) is 0 Å². The summed E-state index contributed by atoms with van der Waals surface area (Å²) in [5, 5.41) is 8.29. The van der Waals surface area contributed by atoms with Crippen LogP contribution in [0.4, 0.5) is 0 Å². The minimum absolute atomic E-state index is 0.201. The van der Waals surface area contributed by atoms with E-state index in [0.29, 0.717) is 6.61 Å². The number of carboxylic acid groups (broad SMARTS) is 1. The van der Waals surface area contributed by atoms with E-state index in [1.54, 1.807) is 6.08 Å². The van der Waals surface area contributed by atoms with E-state index in [2.05, 4.69) is 21.1 Å². The van der Waals surface area contributed by atoms with E-state index in [0.717, 1.165) is 22.7 Å². The van der Waals surface area contributed by atoms with Crippen LogP contribution in [-0.4, -0.2) is 55.8 Å². The summed E-state index contributed by atoms with van der Waals surface area (Å²) in [4.78, 5) is 20.4. The Kier molecular flexibility index (Phi) is 8.73. The van der Waals surface area contributed by atoms with Gasteiger partial charge in [-0.3, -0.25) is 4.79 Å². The second kappa shape index (κ2) is 9.72. The van der Waals surface area contributed by atoms with Crippen LogP contribution in [0, 0.1) is 0 Å². The average Bonchev–Trinajstić information content (AvgIpc) is 2.36. The van der Waals surface area contributed by atoms with E-state index in [-0.39, 0.29) is 5.97 Å². The zero-order valence-electron chi connectivity index (χ0n) is 13.1. The summed E-state index contributed by atoms with van der Waals surface area (Å²) >= 11 is 0. The van der Waals surface area contributed by atoms with Crippen molar-refractivity contribution in [1.82, 2.24) is 0 Å². The summed E-state index contributed by atoms with van der Waals surface area (Å²) in [6, 6.07) is 9.31. The lowest BCUT2D eigenvalue weighted by Crippen LogP contribution is -2.37. The van der Waals surface area contributed by atoms with Gasteiger partial charge in [-0.25, -0.2) is 4.79 Å². The van der Waals surface area contributed by atoms with Crippen molar-refractivity contribution in [2.75, 3.05) is 34.3 Å². The van der Waals surface area contributed by atoms with Crippen molar-refractivity contribution in [2.45, 2.75) is 6.92 Å². The number of carbonyl (C=O) groups is 2. The van der Waals surface area contributed by atoms with Gasteiger partial charge >= 0.3 is 11.9 Å². The van der Waals surface area contributed by atoms with E-state index >= 15 is 0 Å². The highest BCUT2D eigenvalue weighted by Crippen LogP contribution is 1.99. The predicted molar refractivity (Wildman–Crippen MR) is 82.6 cm³/mol. The first-order chi connectivity index (χ1) is 9.70. The van der Waals surface area contributed by atoms with E-state index in [9.17, 15) is 9.59 Å². The molecule has 1 aromatic rings. The van der Waals surface area contributed by atoms with Crippen LogP contribution in [0.5, 0.6) is 0 Å². The van der Waals surface area contributed by atoms with Crippen LogP contribution in [0.15, 0.2) is 36.4 Å². The van der Waals surface area contributed by atoms with Crippen LogP contribution >= 0.6 is 0 Å². The lowest BCUT2D eigenvalue weighted by molar-refractivity contribution is -0.870. The van der Waals surface area contributed by atoms with Crippen LogP contribution < -0.4 is 0 Å². The first-order valence-corrected chi connectivity index (χ1v) is 6.60. The van der Waals surface area contributed by atoms with Gasteiger partial charge in [0.15, 0.2) is 0 Å². The molecule has 0 bridgehead atoms. The van der Waals surface area contributed by atoms with Gasteiger partial charge in [-0.2, -0.15) is 0 Å². The summed E-state index contributed by atoms with van der Waals surface area (Å²) in [6.07, 6.45) is 2.68. The molecule has 0 saturated heterocycles. The van der Waals surface area contributed by atoms with Crippen molar-refractivity contribution in [3.8, 4) is 0 Å². The molecule has 0 aliphatic carbocycles. The molecule has 1 N–H and O–H groups in total. The summed E-state index contributed by atoms with van der Waals surface area (Å²) in [5.74, 6) is -1.12. The minimum atomic E-state index is -0.922. The maximum Gasteiger partial charge on any atom is 0.328 e. The third-order valence-corrected chi connectivity index (χ3v) is 2.29. The van der Waals surface area contributed by atoms with Crippen LogP contribution in [0.25, 0.3) is 6.08 Å². The lowest BCUT2D eigenvalue weighted by Gasteiger charge is -2.23. The molecule has 0 aliphatic heterocycles. The molecule has 0 atom stereocenters. The molecule has 0 unspecified atom stereocenters. The van der Waals surface area contributed by atoms with E-state index < -0.39 is 5.97 Å². The fraction of sp³-hybridized carbons (Fsp3) is 0.375. The van der Waals surface area contributed by atoms with Crippen molar-refractivity contribution in [3.63, 3.8) is 0 Å². The molecule has 1 aromatic carbocycles. The Hall–Kier alpha value is -2.14. The molecule has 1 rings (SSSR count). The summed E-state index contributed by atoms with van der Waals surface area (Å²) < 4.78 is 5.59. The first-order valence-electron chi connectivity index (χ1n) is 6.60. The molecule has 0 fully saturated rings. The molecule has 21 heavy (non-hydrogen) atoms. The molecule has 116 valence electrons. The highest BCUT2D eigenvalue weighted by molar-refractivity contribution is 5.85. The number of nitrogens with zero attached hydrogens (tertiary/aromatic N) is 1. The number of likely N-dealkylation sites (N-methyl/N-ethyl adjacent to an activating group) is 1. The van der Waals surface area contributed by atoms with Gasteiger partial charge in [0.05, 0.1) is 21.1 Å². The second-order valence-electron chi connectivity index (χ2n) is 5.44. The van der Waals surface area contributed by atoms with Gasteiger partial charge in [-0.05, 0) is 11.6 Å². The number of ether oxygens (including phenoxy) is 1. The van der Waals surface area contributed by atoms with E-state index in [1.807, 2.05) is 30.3 Å². The average molecular weight is 294 g/mol. The number of carboxylic acids is 1. The first kappa shape index (κ1) is 18.9. The number of aliphatic carboxylic acids is 1. The van der Waals surface area contributed by atoms with Crippen molar-refractivity contribution in [3.05, 3.63) is 42.0 Å². The number of rotatable bonds is 5. The predicted octanol–water partition coefficient (Wildman–Crippen LogP) is 2.04. The fourth-order valence-corrected chi connectivity index (χ4v) is 1.19. The molecule has 0 spiro atoms. The van der Waals surface area contributed by atoms with Crippen molar-refractivity contribution in [1.29, 1.82) is 0 Å². The Morgan fingerprint density at radius 3 is 2.19 bits per heavy atom. The van der Waals surface area contributed by atoms with E-state index in [4.69, 9.17) is 9.84 Å². The number of esters is 1. The number of hydrogen-bond acceptors (Lipinski definition) is 3. The molecular weight excluding hydrogens is 270 g/mol. The van der Waals surface area contributed by atoms with E-state index in [1.165, 1.54) is 6.92 Å². The Balaban J connectivity index is 0.000000384. The van der Waals surface area contributed by atoms with Gasteiger partial charge < -0.3 is 14.3 Å². The Morgan fingerprint density at radius 2 is 1.76 bits per heavy atom. The molecule has 0 aliphatic rings. The molecular formula is C16H24NO4+. The smallest absolute Gasteiger partial charge is 0.328 e. The molecule has 0 amide bonds. The fourth-order valence-electron chi connectivity index (χ4n) is 1.19. The highest BCUT2D eigenvalue weighted by Gasteiger charge is 2.06. The van der Waals surface area contributed by atoms with Crippen LogP contribution in [0.2, 0.25) is 0 Å². The van der Waals surface area contributed by atoms with Gasteiger partial charge in [0.1, 0.15) is 13.2 Å². The quantitative estimate of drug-likeness (QED) is 0.513. The maximum atomic E-state index is 10.3. The summed E-state index contributed by atoms with van der Waals surface area (Å²) in [7, 11) is 6.18. The maximum absolute atomic E-state index is 10.3. The number of quaternary nitrogens is 1. The standard InChI is InChI=1S/C9H8O2.C7H16NO2/c10-9(11)7-6-8-4-2-1-3-5-8;1-7(9)10-6-5-8(2,3)4/h1-7H,(H,10,11);5-6H2,1-4H3/q;+1. The van der Waals surface area contributed by atoms with Crippen molar-refractivity contribution < 1.29 is 23.9 Å². The third kappa shape index (κ3) is 14.1. The van der Waals surface area contributed by atoms with Gasteiger partial charge in [0.25, 0.3) is 0 Å². The lowest BCUT2D eigenvalue weighted by atomic mass is 10.2. The molecule has 0 heterocycles. The van der Waals surface area contributed by atoms with Gasteiger partial charge in [0, 0.05) is 13.0 Å². The number of carbonyl (C=O) groups excluding carboxylic acids is 1. The number of benzene rings is 1. The Bertz CT molecular complexity index is 461. The SMILES string of the molecule is CC(=O)OCC[N+](C)(C)C.O=C(O)C=Cc1ccccc1. The normalized spacial score (nSPS) is 10.7. The monoisotopic (exact) mass is 294 g/mol. The van der Waals surface area contributed by atoms with Crippen LogP contribution in [0.3, 0.4) is 0 Å². The van der Waals surface area contributed by atoms with Gasteiger partial charge in [-0.1, -0.05) is 30.3 Å². The molecule has 5 heteroatoms. The molecule has 0 aromatic heterocycles. The molecule has 5 nitrogen and oxygen atoms in total. The Labute approximate surface area is 126 Å². The number of hydrogen-bond donors (Lipinski definition) is 1. The third-order valence-electron chi connectivity index (χ3n) is 2.29. The molecule has 0 saturated carbocycles. The molecule has 0 radical (unpaired) electrons. The van der Waals surface area contributed by atoms with Gasteiger partial charge in [-0.15, -0.1) is 0 Å². The van der Waals surface area contributed by atoms with Crippen molar-refractivity contribution >= 4 is 18.0 Å². The summed E-state index contributed by atoms with van der Waals surface area (Å²) in [5.41, 5.74) is 0.898. The second-order valence-corrected chi connectivity index (χ2v) is 5.44.